The van der Waals surface area contributed by atoms with E-state index in [4.69, 9.17) is 12.2 Å². The van der Waals surface area contributed by atoms with E-state index in [0.717, 1.165) is 11.3 Å². The molecule has 0 bridgehead atoms. The van der Waals surface area contributed by atoms with Crippen LogP contribution in [0.15, 0.2) is 36.7 Å². The van der Waals surface area contributed by atoms with Crippen molar-refractivity contribution in [3.05, 3.63) is 47.0 Å². The molecule has 0 N–H and O–H groups in total. The summed E-state index contributed by atoms with van der Waals surface area (Å²) in [5.41, 5.74) is 1.30. The lowest BCUT2D eigenvalue weighted by Gasteiger charge is -2.26. The zero-order valence-corrected chi connectivity index (χ0v) is 12.5. The fourth-order valence-electron chi connectivity index (χ4n) is 1.90. The fraction of sp³-hybridized carbons (Fsp3) is 0.429. The van der Waals surface area contributed by atoms with Gasteiger partial charge in [-0.3, -0.25) is 4.90 Å². The second kappa shape index (κ2) is 6.12. The highest BCUT2D eigenvalue weighted by Crippen LogP contribution is 2.09. The van der Waals surface area contributed by atoms with Gasteiger partial charge in [-0.1, -0.05) is 30.3 Å². The van der Waals surface area contributed by atoms with Crippen LogP contribution in [-0.2, 0) is 20.3 Å². The van der Waals surface area contributed by atoms with Crippen LogP contribution in [0.5, 0.6) is 0 Å². The van der Waals surface area contributed by atoms with E-state index in [1.807, 2.05) is 22.4 Å². The molecule has 1 aromatic carbocycles. The number of nitrogens with zero attached hydrogens (tertiary/aromatic N) is 4. The van der Waals surface area contributed by atoms with Crippen molar-refractivity contribution in [3.8, 4) is 0 Å². The van der Waals surface area contributed by atoms with Crippen LogP contribution in [0.2, 0.25) is 0 Å². The lowest BCUT2D eigenvalue weighted by molar-refractivity contribution is 0.153. The van der Waals surface area contributed by atoms with E-state index < -0.39 is 0 Å². The summed E-state index contributed by atoms with van der Waals surface area (Å²) < 4.78 is 4.47. The summed E-state index contributed by atoms with van der Waals surface area (Å²) in [4.78, 5) is 2.35. The lowest BCUT2D eigenvalue weighted by atomic mass is 10.2. The van der Waals surface area contributed by atoms with Crippen molar-refractivity contribution in [2.75, 3.05) is 0 Å². The van der Waals surface area contributed by atoms with Crippen LogP contribution < -0.4 is 0 Å². The Balaban J connectivity index is 2.13. The molecule has 0 amide bonds. The van der Waals surface area contributed by atoms with Crippen LogP contribution >= 0.6 is 12.2 Å². The first kappa shape index (κ1) is 14.0. The predicted octanol–water partition coefficient (Wildman–Crippen LogP) is 2.82. The third-order valence-corrected chi connectivity index (χ3v) is 3.66. The van der Waals surface area contributed by atoms with Gasteiger partial charge in [-0.2, -0.15) is 5.10 Å². The van der Waals surface area contributed by atoms with Crippen molar-refractivity contribution in [1.82, 2.24) is 19.2 Å². The van der Waals surface area contributed by atoms with E-state index in [1.54, 1.807) is 6.33 Å². The first-order valence-electron chi connectivity index (χ1n) is 6.44. The summed E-state index contributed by atoms with van der Waals surface area (Å²) in [6.45, 7) is 5.99. The molecule has 0 saturated heterocycles. The summed E-state index contributed by atoms with van der Waals surface area (Å²) in [6, 6.07) is 10.9. The fourth-order valence-corrected chi connectivity index (χ4v) is 2.06. The van der Waals surface area contributed by atoms with Gasteiger partial charge in [-0.25, -0.2) is 4.68 Å². The summed E-state index contributed by atoms with van der Waals surface area (Å²) >= 11 is 5.33. The van der Waals surface area contributed by atoms with Gasteiger partial charge in [-0.15, -0.1) is 0 Å². The van der Waals surface area contributed by atoms with Gasteiger partial charge >= 0.3 is 0 Å². The summed E-state index contributed by atoms with van der Waals surface area (Å²) in [7, 11) is 1.92. The molecule has 0 fully saturated rings. The second-order valence-corrected chi connectivity index (χ2v) is 5.36. The Bertz CT molecular complexity index is 571. The van der Waals surface area contributed by atoms with E-state index in [-0.39, 0.29) is 0 Å². The number of benzene rings is 1. The third kappa shape index (κ3) is 3.52. The molecule has 0 spiro atoms. The van der Waals surface area contributed by atoms with Gasteiger partial charge in [0.05, 0.1) is 6.67 Å². The first-order chi connectivity index (χ1) is 9.08. The average molecular weight is 276 g/mol. The summed E-state index contributed by atoms with van der Waals surface area (Å²) in [5.74, 6) is 0. The minimum atomic E-state index is 0.434. The molecule has 4 nitrogen and oxygen atoms in total. The van der Waals surface area contributed by atoms with Gasteiger partial charge in [0, 0.05) is 19.6 Å². The molecule has 0 radical (unpaired) electrons. The molecule has 5 heteroatoms. The molecular formula is C14H20N4S. The van der Waals surface area contributed by atoms with Crippen molar-refractivity contribution in [3.63, 3.8) is 0 Å². The maximum Gasteiger partial charge on any atom is 0.198 e. The average Bonchev–Trinajstić information content (AvgIpc) is 2.71. The smallest absolute Gasteiger partial charge is 0.198 e. The second-order valence-electron chi connectivity index (χ2n) is 4.99. The van der Waals surface area contributed by atoms with Gasteiger partial charge in [0.2, 0.25) is 0 Å². The van der Waals surface area contributed by atoms with E-state index in [2.05, 4.69) is 48.1 Å². The lowest BCUT2D eigenvalue weighted by Crippen LogP contribution is -2.32. The molecule has 19 heavy (non-hydrogen) atoms. The molecule has 0 aliphatic carbocycles. The van der Waals surface area contributed by atoms with Crippen LogP contribution in [-0.4, -0.2) is 25.3 Å². The molecular weight excluding hydrogens is 256 g/mol. The normalized spacial score (nSPS) is 11.4. The van der Waals surface area contributed by atoms with Gasteiger partial charge in [0.25, 0.3) is 0 Å². The largest absolute Gasteiger partial charge is 0.310 e. The molecule has 102 valence electrons. The third-order valence-electron chi connectivity index (χ3n) is 3.16. The molecule has 0 aliphatic rings. The zero-order valence-electron chi connectivity index (χ0n) is 11.7. The first-order valence-corrected chi connectivity index (χ1v) is 6.85. The minimum Gasteiger partial charge on any atom is -0.310 e. The highest BCUT2D eigenvalue weighted by atomic mass is 32.1. The van der Waals surface area contributed by atoms with Crippen molar-refractivity contribution < 1.29 is 0 Å². The van der Waals surface area contributed by atoms with Gasteiger partial charge in [0.15, 0.2) is 4.77 Å². The number of rotatable bonds is 5. The topological polar surface area (TPSA) is 26.0 Å². The van der Waals surface area contributed by atoms with Crippen molar-refractivity contribution in [2.45, 2.75) is 33.1 Å². The van der Waals surface area contributed by atoms with E-state index in [0.29, 0.717) is 12.7 Å². The van der Waals surface area contributed by atoms with E-state index in [1.165, 1.54) is 5.56 Å². The maximum absolute atomic E-state index is 5.33. The highest BCUT2D eigenvalue weighted by Gasteiger charge is 2.12. The number of hydrogen-bond donors (Lipinski definition) is 0. The molecule has 0 atom stereocenters. The summed E-state index contributed by atoms with van der Waals surface area (Å²) in [5, 5.41) is 4.31. The Morgan fingerprint density at radius 3 is 2.47 bits per heavy atom. The van der Waals surface area contributed by atoms with Crippen molar-refractivity contribution in [2.24, 2.45) is 7.05 Å². The molecule has 1 heterocycles. The summed E-state index contributed by atoms with van der Waals surface area (Å²) in [6.07, 6.45) is 1.75. The quantitative estimate of drug-likeness (QED) is 0.785. The SMILES string of the molecule is CC(C)N(Cc1ccccc1)Cn1ncn(C)c1=S. The van der Waals surface area contributed by atoms with Gasteiger partial charge in [0.1, 0.15) is 6.33 Å². The Labute approximate surface area is 119 Å². The van der Waals surface area contributed by atoms with Crippen LogP contribution in [0.1, 0.15) is 19.4 Å². The van der Waals surface area contributed by atoms with E-state index >= 15 is 0 Å². The molecule has 2 rings (SSSR count). The van der Waals surface area contributed by atoms with Gasteiger partial charge < -0.3 is 4.57 Å². The highest BCUT2D eigenvalue weighted by molar-refractivity contribution is 7.71. The number of hydrogen-bond acceptors (Lipinski definition) is 3. The molecule has 0 saturated carbocycles. The number of aryl methyl sites for hydroxylation is 1. The van der Waals surface area contributed by atoms with Gasteiger partial charge in [-0.05, 0) is 31.6 Å². The minimum absolute atomic E-state index is 0.434. The molecule has 0 unspecified atom stereocenters. The Morgan fingerprint density at radius 1 is 1.26 bits per heavy atom. The predicted molar refractivity (Wildman–Crippen MR) is 79.2 cm³/mol. The monoisotopic (exact) mass is 276 g/mol. The van der Waals surface area contributed by atoms with Crippen molar-refractivity contribution in [1.29, 1.82) is 0 Å². The Kier molecular flexibility index (Phi) is 4.50. The van der Waals surface area contributed by atoms with Crippen LogP contribution in [0.25, 0.3) is 0 Å². The molecule has 0 aliphatic heterocycles. The number of aromatic nitrogens is 3. The molecule has 1 aromatic heterocycles. The van der Waals surface area contributed by atoms with E-state index in [9.17, 15) is 0 Å². The van der Waals surface area contributed by atoms with Crippen LogP contribution in [0.3, 0.4) is 0 Å². The maximum atomic E-state index is 5.33. The van der Waals surface area contributed by atoms with Crippen LogP contribution in [0, 0.1) is 4.77 Å². The Hall–Kier alpha value is -1.46. The molecule has 2 aromatic rings. The van der Waals surface area contributed by atoms with Crippen molar-refractivity contribution >= 4 is 12.2 Å². The Morgan fingerprint density at radius 2 is 1.95 bits per heavy atom. The van der Waals surface area contributed by atoms with Crippen LogP contribution in [0.4, 0.5) is 0 Å². The zero-order chi connectivity index (χ0) is 13.8. The standard InChI is InChI=1S/C14H20N4S/c1-12(2)17(9-13-7-5-4-6-8-13)11-18-14(19)16(3)10-15-18/h4-8,10,12H,9,11H2,1-3H3.